The van der Waals surface area contributed by atoms with Gasteiger partial charge < -0.3 is 15.8 Å². The number of hydrogen-bond donors (Lipinski definition) is 2. The highest BCUT2D eigenvalue weighted by Crippen LogP contribution is 2.25. The topological polar surface area (TPSA) is 65.1 Å². The first kappa shape index (κ1) is 14.8. The second-order valence-electron chi connectivity index (χ2n) is 4.78. The minimum Gasteiger partial charge on any atom is -0.394 e. The third-order valence-electron chi connectivity index (χ3n) is 2.73. The van der Waals surface area contributed by atoms with E-state index < -0.39 is 0 Å². The summed E-state index contributed by atoms with van der Waals surface area (Å²) in [6.07, 6.45) is 2.04. The van der Waals surface area contributed by atoms with E-state index in [1.54, 1.807) is 0 Å². The van der Waals surface area contributed by atoms with Crippen molar-refractivity contribution in [2.24, 2.45) is 0 Å². The van der Waals surface area contributed by atoms with Crippen molar-refractivity contribution in [3.63, 3.8) is 0 Å². The Bertz CT molecular complexity index is 360. The summed E-state index contributed by atoms with van der Waals surface area (Å²) in [7, 11) is 0. The lowest BCUT2D eigenvalue weighted by atomic mass is 10.3. The van der Waals surface area contributed by atoms with Crippen molar-refractivity contribution in [1.82, 2.24) is 9.78 Å². The lowest BCUT2D eigenvalue weighted by Gasteiger charge is -2.13. The Morgan fingerprint density at radius 3 is 2.72 bits per heavy atom. The Morgan fingerprint density at radius 1 is 1.39 bits per heavy atom. The van der Waals surface area contributed by atoms with Crippen molar-refractivity contribution in [1.29, 1.82) is 0 Å². The average Bonchev–Trinajstić information content (AvgIpc) is 2.61. The summed E-state index contributed by atoms with van der Waals surface area (Å²) in [5.41, 5.74) is 7.66. The normalized spacial score (nSPS) is 11.2. The van der Waals surface area contributed by atoms with Crippen LogP contribution in [0.2, 0.25) is 0 Å². The molecular formula is C13H26N4O. The van der Waals surface area contributed by atoms with Crippen molar-refractivity contribution in [2.75, 3.05) is 30.8 Å². The van der Waals surface area contributed by atoms with Gasteiger partial charge >= 0.3 is 0 Å². The summed E-state index contributed by atoms with van der Waals surface area (Å²) in [4.78, 5) is 0. The van der Waals surface area contributed by atoms with Gasteiger partial charge in [0.1, 0.15) is 5.82 Å². The van der Waals surface area contributed by atoms with Crippen LogP contribution < -0.4 is 11.1 Å². The van der Waals surface area contributed by atoms with Gasteiger partial charge in [0.2, 0.25) is 0 Å². The summed E-state index contributed by atoms with van der Waals surface area (Å²) in [6.45, 7) is 10.7. The molecule has 0 aliphatic heterocycles. The lowest BCUT2D eigenvalue weighted by molar-refractivity contribution is 0.134. The van der Waals surface area contributed by atoms with Gasteiger partial charge in [0.05, 0.1) is 11.4 Å². The van der Waals surface area contributed by atoms with Gasteiger partial charge in [-0.1, -0.05) is 6.92 Å². The van der Waals surface area contributed by atoms with Gasteiger partial charge in [0.25, 0.3) is 0 Å². The monoisotopic (exact) mass is 254 g/mol. The highest BCUT2D eigenvalue weighted by molar-refractivity contribution is 5.64. The number of nitrogens with one attached hydrogen (secondary N) is 1. The van der Waals surface area contributed by atoms with Crippen LogP contribution in [0.25, 0.3) is 0 Å². The van der Waals surface area contributed by atoms with Crippen LogP contribution in [0.1, 0.15) is 45.3 Å². The van der Waals surface area contributed by atoms with Gasteiger partial charge in [-0.05, 0) is 33.6 Å². The number of nitrogens with two attached hydrogens (primary N) is 1. The van der Waals surface area contributed by atoms with Gasteiger partial charge in [-0.3, -0.25) is 0 Å². The number of ether oxygens (including phenoxy) is 1. The smallest absolute Gasteiger partial charge is 0.148 e. The molecule has 1 aromatic heterocycles. The van der Waals surface area contributed by atoms with E-state index in [9.17, 15) is 0 Å². The van der Waals surface area contributed by atoms with Crippen LogP contribution >= 0.6 is 0 Å². The predicted octanol–water partition coefficient (Wildman–Crippen LogP) is 2.58. The largest absolute Gasteiger partial charge is 0.394 e. The summed E-state index contributed by atoms with van der Waals surface area (Å²) < 4.78 is 7.38. The highest BCUT2D eigenvalue weighted by Gasteiger charge is 2.13. The summed E-state index contributed by atoms with van der Waals surface area (Å²) in [6, 6.07) is 0.305. The fourth-order valence-corrected chi connectivity index (χ4v) is 1.74. The van der Waals surface area contributed by atoms with Gasteiger partial charge in [0.15, 0.2) is 0 Å². The maximum atomic E-state index is 6.03. The molecule has 0 spiro atoms. The summed E-state index contributed by atoms with van der Waals surface area (Å²) >= 11 is 0. The molecule has 1 rings (SSSR count). The molecule has 18 heavy (non-hydrogen) atoms. The van der Waals surface area contributed by atoms with Crippen LogP contribution in [0.15, 0.2) is 0 Å². The molecule has 5 nitrogen and oxygen atoms in total. The zero-order valence-corrected chi connectivity index (χ0v) is 12.0. The van der Waals surface area contributed by atoms with Crippen molar-refractivity contribution >= 4 is 11.5 Å². The Hall–Kier alpha value is -1.23. The number of aromatic nitrogens is 2. The first-order valence-corrected chi connectivity index (χ1v) is 6.74. The summed E-state index contributed by atoms with van der Waals surface area (Å²) in [5.74, 6) is 0.929. The van der Waals surface area contributed by atoms with Gasteiger partial charge in [0, 0.05) is 25.8 Å². The van der Waals surface area contributed by atoms with Crippen LogP contribution in [0, 0.1) is 6.92 Å². The van der Waals surface area contributed by atoms with E-state index in [0.717, 1.165) is 49.8 Å². The Labute approximate surface area is 110 Å². The van der Waals surface area contributed by atoms with Crippen LogP contribution in [-0.4, -0.2) is 29.5 Å². The zero-order chi connectivity index (χ0) is 13.5. The van der Waals surface area contributed by atoms with Crippen molar-refractivity contribution in [3.8, 4) is 0 Å². The standard InChI is InChI=1S/C13H26N4O/c1-5-8-18-9-6-7-15-13-12(14)11(4)16-17(13)10(2)3/h10,15H,5-9,14H2,1-4H3. The van der Waals surface area contributed by atoms with Crippen LogP contribution in [0.4, 0.5) is 11.5 Å². The van der Waals surface area contributed by atoms with E-state index in [1.165, 1.54) is 0 Å². The molecule has 0 saturated heterocycles. The zero-order valence-electron chi connectivity index (χ0n) is 12.0. The predicted molar refractivity (Wildman–Crippen MR) is 76.0 cm³/mol. The molecular weight excluding hydrogens is 228 g/mol. The number of hydrogen-bond acceptors (Lipinski definition) is 4. The van der Waals surface area contributed by atoms with Gasteiger partial charge in [-0.2, -0.15) is 5.10 Å². The van der Waals surface area contributed by atoms with E-state index in [0.29, 0.717) is 6.04 Å². The molecule has 0 aromatic carbocycles. The maximum Gasteiger partial charge on any atom is 0.148 e. The van der Waals surface area contributed by atoms with Gasteiger partial charge in [-0.15, -0.1) is 0 Å². The Kier molecular flexibility index (Phi) is 5.98. The number of anilines is 2. The fraction of sp³-hybridized carbons (Fsp3) is 0.769. The van der Waals surface area contributed by atoms with E-state index in [-0.39, 0.29) is 0 Å². The third-order valence-corrected chi connectivity index (χ3v) is 2.73. The number of rotatable bonds is 8. The lowest BCUT2D eigenvalue weighted by Crippen LogP contribution is -2.13. The molecule has 0 fully saturated rings. The van der Waals surface area contributed by atoms with Crippen LogP contribution in [-0.2, 0) is 4.74 Å². The second-order valence-corrected chi connectivity index (χ2v) is 4.78. The maximum absolute atomic E-state index is 6.03. The quantitative estimate of drug-likeness (QED) is 0.700. The first-order valence-electron chi connectivity index (χ1n) is 6.74. The molecule has 0 amide bonds. The van der Waals surface area contributed by atoms with E-state index >= 15 is 0 Å². The number of nitrogens with zero attached hydrogens (tertiary/aromatic N) is 2. The van der Waals surface area contributed by atoms with Gasteiger partial charge in [-0.25, -0.2) is 4.68 Å². The Morgan fingerprint density at radius 2 is 2.11 bits per heavy atom. The molecule has 3 N–H and O–H groups in total. The SMILES string of the molecule is CCCOCCCNc1c(N)c(C)nn1C(C)C. The van der Waals surface area contributed by atoms with E-state index in [1.807, 2.05) is 11.6 Å². The number of nitrogen functional groups attached to an aromatic ring is 1. The van der Waals surface area contributed by atoms with Crippen LogP contribution in [0.5, 0.6) is 0 Å². The van der Waals surface area contributed by atoms with Crippen molar-refractivity contribution in [3.05, 3.63) is 5.69 Å². The van der Waals surface area contributed by atoms with E-state index in [4.69, 9.17) is 10.5 Å². The summed E-state index contributed by atoms with van der Waals surface area (Å²) in [5, 5.41) is 7.79. The molecule has 0 atom stereocenters. The molecule has 1 heterocycles. The fourth-order valence-electron chi connectivity index (χ4n) is 1.74. The minimum atomic E-state index is 0.305. The molecule has 0 aliphatic carbocycles. The molecule has 0 saturated carbocycles. The van der Waals surface area contributed by atoms with Crippen LogP contribution in [0.3, 0.4) is 0 Å². The van der Waals surface area contributed by atoms with Crippen molar-refractivity contribution in [2.45, 2.75) is 46.6 Å². The highest BCUT2D eigenvalue weighted by atomic mass is 16.5. The second kappa shape index (κ2) is 7.26. The number of aryl methyl sites for hydroxylation is 1. The Balaban J connectivity index is 2.46. The third kappa shape index (κ3) is 3.91. The molecule has 0 radical (unpaired) electrons. The van der Waals surface area contributed by atoms with E-state index in [2.05, 4.69) is 31.2 Å². The molecule has 5 heteroatoms. The van der Waals surface area contributed by atoms with Crippen molar-refractivity contribution < 1.29 is 4.74 Å². The minimum absolute atomic E-state index is 0.305. The average molecular weight is 254 g/mol. The first-order chi connectivity index (χ1) is 8.57. The molecule has 104 valence electrons. The molecule has 0 bridgehead atoms. The molecule has 0 unspecified atom stereocenters. The molecule has 1 aromatic rings. The molecule has 0 aliphatic rings.